The molecular formula is C15H20ClNO2. The zero-order valence-electron chi connectivity index (χ0n) is 11.4. The molecule has 0 radical (unpaired) electrons. The largest absolute Gasteiger partial charge is 0.493 e. The van der Waals surface area contributed by atoms with E-state index >= 15 is 0 Å². The number of carbonyl (C=O) groups excluding carboxylic acids is 1. The summed E-state index contributed by atoms with van der Waals surface area (Å²) in [6.07, 6.45) is 1.56. The van der Waals surface area contributed by atoms with Crippen molar-refractivity contribution in [3.63, 3.8) is 0 Å². The van der Waals surface area contributed by atoms with Crippen LogP contribution in [0.2, 0.25) is 0 Å². The fourth-order valence-corrected chi connectivity index (χ4v) is 2.44. The average Bonchev–Trinajstić information content (AvgIpc) is 2.43. The first-order valence-electron chi connectivity index (χ1n) is 6.70. The van der Waals surface area contributed by atoms with E-state index in [9.17, 15) is 4.79 Å². The highest BCUT2D eigenvalue weighted by Gasteiger charge is 2.29. The van der Waals surface area contributed by atoms with E-state index in [1.807, 2.05) is 38.2 Å². The number of alkyl halides is 1. The second-order valence-electron chi connectivity index (χ2n) is 5.06. The minimum Gasteiger partial charge on any atom is -0.493 e. The maximum atomic E-state index is 12.5. The first-order valence-corrected chi connectivity index (χ1v) is 7.14. The van der Waals surface area contributed by atoms with Crippen molar-refractivity contribution >= 4 is 17.5 Å². The van der Waals surface area contributed by atoms with E-state index in [-0.39, 0.29) is 17.2 Å². The predicted molar refractivity (Wildman–Crippen MR) is 76.9 cm³/mol. The highest BCUT2D eigenvalue weighted by atomic mass is 35.5. The van der Waals surface area contributed by atoms with Crippen LogP contribution in [0.1, 0.15) is 31.2 Å². The fourth-order valence-electron chi connectivity index (χ4n) is 2.35. The molecule has 1 amide bonds. The standard InChI is InChI=1S/C15H20ClNO2/c1-11(16)7-9-17(2)15(18)13-8-10-19-14-6-4-3-5-12(13)14/h3-6,11,13H,7-10H2,1-2H3. The molecule has 0 saturated carbocycles. The Balaban J connectivity index is 2.08. The first-order chi connectivity index (χ1) is 9.09. The number of hydrogen-bond donors (Lipinski definition) is 0. The number of fused-ring (bicyclic) bond motifs is 1. The van der Waals surface area contributed by atoms with Gasteiger partial charge in [-0.15, -0.1) is 11.6 Å². The number of benzene rings is 1. The molecular weight excluding hydrogens is 262 g/mol. The predicted octanol–water partition coefficient (Wildman–Crippen LogP) is 3.03. The highest BCUT2D eigenvalue weighted by molar-refractivity contribution is 6.20. The molecule has 1 aliphatic rings. The minimum absolute atomic E-state index is 0.0828. The van der Waals surface area contributed by atoms with Crippen LogP contribution in [0.3, 0.4) is 0 Å². The number of likely N-dealkylation sites (N-methyl/N-ethyl adjacent to an activating group) is 1. The van der Waals surface area contributed by atoms with Gasteiger partial charge in [0.1, 0.15) is 5.75 Å². The van der Waals surface area contributed by atoms with E-state index in [2.05, 4.69) is 0 Å². The van der Waals surface area contributed by atoms with Gasteiger partial charge in [-0.1, -0.05) is 18.2 Å². The molecule has 0 aromatic heterocycles. The molecule has 1 aliphatic heterocycles. The number of halogens is 1. The maximum Gasteiger partial charge on any atom is 0.230 e. The third-order valence-corrected chi connectivity index (χ3v) is 3.71. The molecule has 4 heteroatoms. The maximum absolute atomic E-state index is 12.5. The highest BCUT2D eigenvalue weighted by Crippen LogP contribution is 2.34. The van der Waals surface area contributed by atoms with Gasteiger partial charge in [-0.2, -0.15) is 0 Å². The fraction of sp³-hybridized carbons (Fsp3) is 0.533. The number of nitrogens with zero attached hydrogens (tertiary/aromatic N) is 1. The lowest BCUT2D eigenvalue weighted by Gasteiger charge is -2.29. The van der Waals surface area contributed by atoms with Crippen LogP contribution in [0, 0.1) is 0 Å². The SMILES string of the molecule is CC(Cl)CCN(C)C(=O)C1CCOc2ccccc21. The molecule has 3 nitrogen and oxygen atoms in total. The second kappa shape index (κ2) is 6.29. The molecule has 0 fully saturated rings. The molecule has 19 heavy (non-hydrogen) atoms. The van der Waals surface area contributed by atoms with Gasteiger partial charge in [-0.25, -0.2) is 0 Å². The van der Waals surface area contributed by atoms with Crippen molar-refractivity contribution in [3.05, 3.63) is 29.8 Å². The Morgan fingerprint density at radius 1 is 1.53 bits per heavy atom. The Hall–Kier alpha value is -1.22. The molecule has 2 rings (SSSR count). The molecule has 2 atom stereocenters. The van der Waals surface area contributed by atoms with E-state index in [0.29, 0.717) is 13.2 Å². The second-order valence-corrected chi connectivity index (χ2v) is 5.80. The van der Waals surface area contributed by atoms with Crippen LogP contribution in [-0.4, -0.2) is 36.4 Å². The summed E-state index contributed by atoms with van der Waals surface area (Å²) in [6, 6.07) is 7.80. The van der Waals surface area contributed by atoms with Gasteiger partial charge in [-0.3, -0.25) is 4.79 Å². The summed E-state index contributed by atoms with van der Waals surface area (Å²) in [5, 5.41) is 0.0947. The Bertz CT molecular complexity index is 448. The zero-order valence-corrected chi connectivity index (χ0v) is 12.2. The quantitative estimate of drug-likeness (QED) is 0.794. The number of hydrogen-bond acceptors (Lipinski definition) is 2. The van der Waals surface area contributed by atoms with Crippen molar-refractivity contribution in [2.75, 3.05) is 20.2 Å². The summed E-state index contributed by atoms with van der Waals surface area (Å²) in [7, 11) is 1.85. The molecule has 0 N–H and O–H groups in total. The average molecular weight is 282 g/mol. The molecule has 0 spiro atoms. The number of amides is 1. The van der Waals surface area contributed by atoms with Crippen molar-refractivity contribution in [2.45, 2.75) is 31.1 Å². The van der Waals surface area contributed by atoms with Gasteiger partial charge in [0.05, 0.1) is 12.5 Å². The smallest absolute Gasteiger partial charge is 0.230 e. The Morgan fingerprint density at radius 2 is 2.26 bits per heavy atom. The van der Waals surface area contributed by atoms with E-state index in [1.54, 1.807) is 4.90 Å². The van der Waals surface area contributed by atoms with Gasteiger partial charge in [0.25, 0.3) is 0 Å². The van der Waals surface area contributed by atoms with E-state index in [1.165, 1.54) is 0 Å². The van der Waals surface area contributed by atoms with Crippen LogP contribution in [0.4, 0.5) is 0 Å². The molecule has 104 valence electrons. The third kappa shape index (κ3) is 3.41. The van der Waals surface area contributed by atoms with Gasteiger partial charge < -0.3 is 9.64 Å². The van der Waals surface area contributed by atoms with Crippen LogP contribution in [0.5, 0.6) is 5.75 Å². The monoisotopic (exact) mass is 281 g/mol. The van der Waals surface area contributed by atoms with Crippen molar-refractivity contribution in [1.29, 1.82) is 0 Å². The van der Waals surface area contributed by atoms with Crippen molar-refractivity contribution in [1.82, 2.24) is 4.90 Å². The number of carbonyl (C=O) groups is 1. The molecule has 2 unspecified atom stereocenters. The summed E-state index contributed by atoms with van der Waals surface area (Å²) in [6.45, 7) is 3.25. The molecule has 1 heterocycles. The van der Waals surface area contributed by atoms with Crippen LogP contribution >= 0.6 is 11.6 Å². The van der Waals surface area contributed by atoms with Crippen molar-refractivity contribution in [2.24, 2.45) is 0 Å². The summed E-state index contributed by atoms with van der Waals surface area (Å²) in [5.41, 5.74) is 1.00. The summed E-state index contributed by atoms with van der Waals surface area (Å²) < 4.78 is 5.59. The summed E-state index contributed by atoms with van der Waals surface area (Å²) >= 11 is 5.94. The Morgan fingerprint density at radius 3 is 3.00 bits per heavy atom. The lowest BCUT2D eigenvalue weighted by Crippen LogP contribution is -2.35. The number of ether oxygens (including phenoxy) is 1. The summed E-state index contributed by atoms with van der Waals surface area (Å²) in [4.78, 5) is 14.3. The molecule has 0 bridgehead atoms. The zero-order chi connectivity index (χ0) is 13.8. The van der Waals surface area contributed by atoms with Gasteiger partial charge >= 0.3 is 0 Å². The van der Waals surface area contributed by atoms with E-state index < -0.39 is 0 Å². The molecule has 0 aliphatic carbocycles. The van der Waals surface area contributed by atoms with E-state index in [0.717, 1.165) is 24.2 Å². The first kappa shape index (κ1) is 14.2. The number of para-hydroxylation sites is 1. The van der Waals surface area contributed by atoms with Crippen LogP contribution < -0.4 is 4.74 Å². The molecule has 0 saturated heterocycles. The lowest BCUT2D eigenvalue weighted by atomic mass is 9.92. The van der Waals surface area contributed by atoms with E-state index in [4.69, 9.17) is 16.3 Å². The normalized spacial score (nSPS) is 19.2. The Labute approximate surface area is 119 Å². The van der Waals surface area contributed by atoms with Gasteiger partial charge in [-0.05, 0) is 25.8 Å². The topological polar surface area (TPSA) is 29.5 Å². The van der Waals surface area contributed by atoms with Crippen LogP contribution in [-0.2, 0) is 4.79 Å². The van der Waals surface area contributed by atoms with Gasteiger partial charge in [0.15, 0.2) is 0 Å². The molecule has 1 aromatic rings. The van der Waals surface area contributed by atoms with Crippen LogP contribution in [0.15, 0.2) is 24.3 Å². The molecule has 1 aromatic carbocycles. The van der Waals surface area contributed by atoms with Gasteiger partial charge in [0.2, 0.25) is 5.91 Å². The lowest BCUT2D eigenvalue weighted by molar-refractivity contribution is -0.132. The Kier molecular flexibility index (Phi) is 4.70. The number of rotatable bonds is 4. The third-order valence-electron chi connectivity index (χ3n) is 3.50. The van der Waals surface area contributed by atoms with Crippen LogP contribution in [0.25, 0.3) is 0 Å². The minimum atomic E-state index is -0.0828. The van der Waals surface area contributed by atoms with Gasteiger partial charge in [0, 0.05) is 24.5 Å². The van der Waals surface area contributed by atoms with Crippen molar-refractivity contribution < 1.29 is 9.53 Å². The van der Waals surface area contributed by atoms with Crippen molar-refractivity contribution in [3.8, 4) is 5.75 Å². The summed E-state index contributed by atoms with van der Waals surface area (Å²) in [5.74, 6) is 0.917.